The van der Waals surface area contributed by atoms with Gasteiger partial charge in [0.2, 0.25) is 10.0 Å². The Morgan fingerprint density at radius 3 is 2.67 bits per heavy atom. The molecule has 0 aromatic carbocycles. The summed E-state index contributed by atoms with van der Waals surface area (Å²) in [6.07, 6.45) is 4.72. The largest absolute Gasteiger partial charge is 0.326 e. The molecule has 1 fully saturated rings. The van der Waals surface area contributed by atoms with Crippen LogP contribution >= 0.6 is 11.3 Å². The molecule has 0 unspecified atom stereocenters. The van der Waals surface area contributed by atoms with Crippen LogP contribution in [0.3, 0.4) is 0 Å². The van der Waals surface area contributed by atoms with Crippen molar-refractivity contribution in [3.8, 4) is 0 Å². The normalized spacial score (nSPS) is 17.4. The molecule has 0 radical (unpaired) electrons. The highest BCUT2D eigenvalue weighted by molar-refractivity contribution is 7.89. The minimum absolute atomic E-state index is 0.393. The number of hydrogen-bond donors (Lipinski definition) is 2. The fourth-order valence-corrected chi connectivity index (χ4v) is 5.04. The molecule has 1 aliphatic carbocycles. The Kier molecular flexibility index (Phi) is 4.42. The van der Waals surface area contributed by atoms with Crippen LogP contribution in [0.5, 0.6) is 0 Å². The van der Waals surface area contributed by atoms with Crippen LogP contribution in [0.15, 0.2) is 11.0 Å². The highest BCUT2D eigenvalue weighted by atomic mass is 32.2. The van der Waals surface area contributed by atoms with E-state index >= 15 is 0 Å². The Labute approximate surface area is 113 Å². The number of rotatable bonds is 5. The number of sulfonamides is 1. The lowest BCUT2D eigenvalue weighted by molar-refractivity contribution is 0.519. The molecule has 0 saturated heterocycles. The van der Waals surface area contributed by atoms with Crippen molar-refractivity contribution in [2.45, 2.75) is 44.0 Å². The van der Waals surface area contributed by atoms with Gasteiger partial charge in [0.15, 0.2) is 0 Å². The van der Waals surface area contributed by atoms with Gasteiger partial charge in [-0.15, -0.1) is 11.3 Å². The van der Waals surface area contributed by atoms with E-state index in [4.69, 9.17) is 5.73 Å². The van der Waals surface area contributed by atoms with Gasteiger partial charge in [-0.25, -0.2) is 13.1 Å². The fourth-order valence-electron chi connectivity index (χ4n) is 2.41. The second kappa shape index (κ2) is 5.69. The van der Waals surface area contributed by atoms with Crippen LogP contribution in [0.2, 0.25) is 0 Å². The Morgan fingerprint density at radius 1 is 1.44 bits per heavy atom. The van der Waals surface area contributed by atoms with Crippen LogP contribution in [0.25, 0.3) is 0 Å². The summed E-state index contributed by atoms with van der Waals surface area (Å²) in [6, 6.07) is 1.69. The molecule has 1 aromatic rings. The van der Waals surface area contributed by atoms with Crippen molar-refractivity contribution in [2.24, 2.45) is 11.7 Å². The molecule has 18 heavy (non-hydrogen) atoms. The number of nitrogens with one attached hydrogen (secondary N) is 1. The van der Waals surface area contributed by atoms with Crippen LogP contribution < -0.4 is 10.5 Å². The molecular formula is C12H20N2O2S2. The predicted octanol–water partition coefficient (Wildman–Crippen LogP) is 1.98. The summed E-state index contributed by atoms with van der Waals surface area (Å²) < 4.78 is 27.1. The maximum absolute atomic E-state index is 12.2. The summed E-state index contributed by atoms with van der Waals surface area (Å²) in [4.78, 5) is 2.12. The van der Waals surface area contributed by atoms with E-state index in [0.29, 0.717) is 23.9 Å². The molecule has 2 rings (SSSR count). The molecule has 0 bridgehead atoms. The van der Waals surface area contributed by atoms with Crippen LogP contribution in [-0.2, 0) is 16.6 Å². The van der Waals surface area contributed by atoms with Crippen molar-refractivity contribution < 1.29 is 8.42 Å². The van der Waals surface area contributed by atoms with Crippen LogP contribution in [0, 0.1) is 12.8 Å². The van der Waals surface area contributed by atoms with E-state index in [2.05, 4.69) is 4.72 Å². The van der Waals surface area contributed by atoms with E-state index in [1.165, 1.54) is 24.2 Å². The first-order valence-corrected chi connectivity index (χ1v) is 8.62. The van der Waals surface area contributed by atoms with Crippen molar-refractivity contribution in [1.82, 2.24) is 4.72 Å². The first-order chi connectivity index (χ1) is 8.53. The van der Waals surface area contributed by atoms with Crippen molar-refractivity contribution in [3.63, 3.8) is 0 Å². The minimum Gasteiger partial charge on any atom is -0.326 e. The van der Waals surface area contributed by atoms with E-state index in [0.717, 1.165) is 22.6 Å². The average molecular weight is 288 g/mol. The zero-order valence-electron chi connectivity index (χ0n) is 10.6. The number of thiophene rings is 1. The van der Waals surface area contributed by atoms with Gasteiger partial charge in [-0.1, -0.05) is 12.8 Å². The second-order valence-corrected chi connectivity index (χ2v) is 7.92. The monoisotopic (exact) mass is 288 g/mol. The Bertz CT molecular complexity index is 502. The van der Waals surface area contributed by atoms with Gasteiger partial charge in [-0.05, 0) is 31.7 Å². The molecule has 1 saturated carbocycles. The third-order valence-corrected chi connectivity index (χ3v) is 6.20. The molecule has 6 heteroatoms. The van der Waals surface area contributed by atoms with E-state index in [9.17, 15) is 8.42 Å². The lowest BCUT2D eigenvalue weighted by Crippen LogP contribution is -2.28. The van der Waals surface area contributed by atoms with Crippen molar-refractivity contribution in [1.29, 1.82) is 0 Å². The molecule has 1 aromatic heterocycles. The molecule has 0 spiro atoms. The van der Waals surface area contributed by atoms with Gasteiger partial charge in [0, 0.05) is 22.8 Å². The van der Waals surface area contributed by atoms with Crippen molar-refractivity contribution in [2.75, 3.05) is 6.54 Å². The third kappa shape index (κ3) is 3.12. The minimum atomic E-state index is -3.36. The zero-order valence-corrected chi connectivity index (χ0v) is 12.2. The Morgan fingerprint density at radius 2 is 2.11 bits per heavy atom. The van der Waals surface area contributed by atoms with Gasteiger partial charge in [0.1, 0.15) is 0 Å². The molecule has 1 aliphatic rings. The topological polar surface area (TPSA) is 72.2 Å². The lowest BCUT2D eigenvalue weighted by atomic mass is 10.1. The molecule has 3 N–H and O–H groups in total. The van der Waals surface area contributed by atoms with Crippen LogP contribution in [0.4, 0.5) is 0 Å². The highest BCUT2D eigenvalue weighted by Crippen LogP contribution is 2.27. The molecule has 1 heterocycles. The van der Waals surface area contributed by atoms with Gasteiger partial charge in [0.05, 0.1) is 4.90 Å². The third-order valence-electron chi connectivity index (χ3n) is 3.45. The zero-order chi connectivity index (χ0) is 13.2. The SMILES string of the molecule is Cc1sc(CN)cc1S(=O)(=O)NCC1CCCC1. The summed E-state index contributed by atoms with van der Waals surface area (Å²) in [5.41, 5.74) is 5.54. The van der Waals surface area contributed by atoms with Gasteiger partial charge in [-0.3, -0.25) is 0 Å². The molecular weight excluding hydrogens is 268 g/mol. The maximum Gasteiger partial charge on any atom is 0.241 e. The average Bonchev–Trinajstić information content (AvgIpc) is 2.95. The lowest BCUT2D eigenvalue weighted by Gasteiger charge is -2.10. The molecule has 4 nitrogen and oxygen atoms in total. The summed E-state index contributed by atoms with van der Waals surface area (Å²) in [5, 5.41) is 0. The van der Waals surface area contributed by atoms with E-state index < -0.39 is 10.0 Å². The van der Waals surface area contributed by atoms with E-state index in [1.54, 1.807) is 6.07 Å². The van der Waals surface area contributed by atoms with Crippen molar-refractivity contribution >= 4 is 21.4 Å². The summed E-state index contributed by atoms with van der Waals surface area (Å²) in [5.74, 6) is 0.507. The first kappa shape index (κ1) is 14.0. The van der Waals surface area contributed by atoms with Gasteiger partial charge < -0.3 is 5.73 Å². The predicted molar refractivity (Wildman–Crippen MR) is 74.1 cm³/mol. The fraction of sp³-hybridized carbons (Fsp3) is 0.667. The summed E-state index contributed by atoms with van der Waals surface area (Å²) in [7, 11) is -3.36. The van der Waals surface area contributed by atoms with Gasteiger partial charge >= 0.3 is 0 Å². The second-order valence-electron chi connectivity index (χ2n) is 4.84. The molecule has 0 aliphatic heterocycles. The standard InChI is InChI=1S/C12H20N2O2S2/c1-9-12(6-11(7-13)17-9)18(15,16)14-8-10-4-2-3-5-10/h6,10,14H,2-5,7-8,13H2,1H3. The summed E-state index contributed by atoms with van der Waals surface area (Å²) >= 11 is 1.46. The smallest absolute Gasteiger partial charge is 0.241 e. The highest BCUT2D eigenvalue weighted by Gasteiger charge is 2.22. The molecule has 0 atom stereocenters. The Balaban J connectivity index is 2.06. The maximum atomic E-state index is 12.2. The number of nitrogens with two attached hydrogens (primary N) is 1. The quantitative estimate of drug-likeness (QED) is 0.870. The van der Waals surface area contributed by atoms with Crippen LogP contribution in [0.1, 0.15) is 35.4 Å². The van der Waals surface area contributed by atoms with Crippen molar-refractivity contribution in [3.05, 3.63) is 15.8 Å². The van der Waals surface area contributed by atoms with Crippen LogP contribution in [-0.4, -0.2) is 15.0 Å². The number of hydrogen-bond acceptors (Lipinski definition) is 4. The van der Waals surface area contributed by atoms with Gasteiger partial charge in [-0.2, -0.15) is 0 Å². The molecule has 0 amide bonds. The van der Waals surface area contributed by atoms with E-state index in [1.807, 2.05) is 6.92 Å². The van der Waals surface area contributed by atoms with Gasteiger partial charge in [0.25, 0.3) is 0 Å². The summed E-state index contributed by atoms with van der Waals surface area (Å²) in [6.45, 7) is 2.78. The Hall–Kier alpha value is -0.430. The number of aryl methyl sites for hydroxylation is 1. The van der Waals surface area contributed by atoms with E-state index in [-0.39, 0.29) is 0 Å². The first-order valence-electron chi connectivity index (χ1n) is 6.32. The molecule has 102 valence electrons.